The molecule has 1 amide bonds. The maximum absolute atomic E-state index is 11.2. The van der Waals surface area contributed by atoms with E-state index in [4.69, 9.17) is 0 Å². The zero-order valence-corrected chi connectivity index (χ0v) is 13.6. The van der Waals surface area contributed by atoms with Crippen molar-refractivity contribution in [3.63, 3.8) is 0 Å². The van der Waals surface area contributed by atoms with Gasteiger partial charge in [-0.05, 0) is 69.0 Å². The fourth-order valence-corrected chi connectivity index (χ4v) is 3.75. The molecule has 1 aromatic carbocycles. The topological polar surface area (TPSA) is 53.0 Å². The van der Waals surface area contributed by atoms with Crippen LogP contribution in [-0.2, 0) is 0 Å². The first-order chi connectivity index (χ1) is 11.3. The Morgan fingerprint density at radius 2 is 1.65 bits per heavy atom. The average Bonchev–Trinajstić information content (AvgIpc) is 2.63. The lowest BCUT2D eigenvalue weighted by Crippen LogP contribution is -2.40. The average molecular weight is 315 g/mol. The van der Waals surface area contributed by atoms with Crippen molar-refractivity contribution in [1.29, 1.82) is 0 Å². The van der Waals surface area contributed by atoms with Gasteiger partial charge in [0.25, 0.3) is 0 Å². The highest BCUT2D eigenvalue weighted by Gasteiger charge is 2.22. The van der Waals surface area contributed by atoms with Crippen LogP contribution in [0.5, 0.6) is 0 Å². The summed E-state index contributed by atoms with van der Waals surface area (Å²) in [6.45, 7) is 5.95. The molecule has 0 spiro atoms. The summed E-state index contributed by atoms with van der Waals surface area (Å²) in [6.07, 6.45) is 6.58. The van der Waals surface area contributed by atoms with Gasteiger partial charge in [-0.2, -0.15) is 0 Å². The Kier molecular flexibility index (Phi) is 5.39. The number of rotatable bonds is 4. The molecule has 3 rings (SSSR count). The highest BCUT2D eigenvalue weighted by molar-refractivity contribution is 5.95. The molecule has 0 atom stereocenters. The lowest BCUT2D eigenvalue weighted by molar-refractivity contribution is 0.100. The van der Waals surface area contributed by atoms with Gasteiger partial charge in [0, 0.05) is 36.1 Å². The van der Waals surface area contributed by atoms with Gasteiger partial charge in [-0.1, -0.05) is 6.42 Å². The van der Waals surface area contributed by atoms with E-state index in [-0.39, 0.29) is 0 Å². The third-order valence-electron chi connectivity index (χ3n) is 5.14. The van der Waals surface area contributed by atoms with Crippen LogP contribution in [0.1, 0.15) is 42.5 Å². The number of benzene rings is 1. The SMILES string of the molecule is O=NC(=O)c1ccc(N2CCC(CN3CCCCC3)CC2)cc1. The van der Waals surface area contributed by atoms with Crippen LogP contribution in [0.2, 0.25) is 0 Å². The quantitative estimate of drug-likeness (QED) is 0.800. The van der Waals surface area contributed by atoms with E-state index < -0.39 is 5.91 Å². The first kappa shape index (κ1) is 16.1. The van der Waals surface area contributed by atoms with E-state index in [0.717, 1.165) is 24.7 Å². The predicted octanol–water partition coefficient (Wildman–Crippen LogP) is 3.30. The van der Waals surface area contributed by atoms with Gasteiger partial charge >= 0.3 is 5.91 Å². The third-order valence-corrected chi connectivity index (χ3v) is 5.14. The standard InChI is InChI=1S/C18H25N3O2/c22-18(19-23)16-4-6-17(7-5-16)21-12-8-15(9-13-21)14-20-10-2-1-3-11-20/h4-7,15H,1-3,8-14H2. The minimum absolute atomic E-state index is 0.365. The molecule has 2 aliphatic rings. The minimum Gasteiger partial charge on any atom is -0.372 e. The Balaban J connectivity index is 1.50. The number of anilines is 1. The molecule has 2 saturated heterocycles. The molecular formula is C18H25N3O2. The number of carbonyl (C=O) groups excluding carboxylic acids is 1. The molecule has 0 aromatic heterocycles. The predicted molar refractivity (Wildman–Crippen MR) is 91.8 cm³/mol. The van der Waals surface area contributed by atoms with Crippen molar-refractivity contribution in [1.82, 2.24) is 4.90 Å². The summed E-state index contributed by atoms with van der Waals surface area (Å²) in [6, 6.07) is 7.23. The van der Waals surface area contributed by atoms with Crippen LogP contribution in [0, 0.1) is 10.8 Å². The van der Waals surface area contributed by atoms with Crippen molar-refractivity contribution < 1.29 is 4.79 Å². The van der Waals surface area contributed by atoms with Crippen molar-refractivity contribution in [2.24, 2.45) is 11.1 Å². The molecule has 0 N–H and O–H groups in total. The van der Waals surface area contributed by atoms with Crippen molar-refractivity contribution >= 4 is 11.6 Å². The van der Waals surface area contributed by atoms with Gasteiger partial charge < -0.3 is 9.80 Å². The summed E-state index contributed by atoms with van der Waals surface area (Å²) in [5, 5.41) is 2.46. The Hall–Kier alpha value is -1.75. The van der Waals surface area contributed by atoms with E-state index >= 15 is 0 Å². The zero-order chi connectivity index (χ0) is 16.1. The Labute approximate surface area is 137 Å². The number of likely N-dealkylation sites (tertiary alicyclic amines) is 1. The second-order valence-electron chi connectivity index (χ2n) is 6.74. The van der Waals surface area contributed by atoms with Crippen molar-refractivity contribution in [2.75, 3.05) is 37.6 Å². The second kappa shape index (κ2) is 7.68. The van der Waals surface area contributed by atoms with Gasteiger partial charge in [0.1, 0.15) is 0 Å². The number of nitroso groups, excluding NO2 is 1. The Bertz CT molecular complexity index is 530. The number of hydrogen-bond acceptors (Lipinski definition) is 4. The number of piperidine rings is 2. The fraction of sp³-hybridized carbons (Fsp3) is 0.611. The molecule has 23 heavy (non-hydrogen) atoms. The van der Waals surface area contributed by atoms with Crippen LogP contribution in [0.3, 0.4) is 0 Å². The molecule has 1 aromatic rings. The summed E-state index contributed by atoms with van der Waals surface area (Å²) in [5.41, 5.74) is 1.49. The molecule has 124 valence electrons. The van der Waals surface area contributed by atoms with Crippen LogP contribution in [-0.4, -0.2) is 43.5 Å². The largest absolute Gasteiger partial charge is 0.372 e. The van der Waals surface area contributed by atoms with E-state index in [9.17, 15) is 9.70 Å². The number of nitrogens with zero attached hydrogens (tertiary/aromatic N) is 3. The van der Waals surface area contributed by atoms with Crippen LogP contribution < -0.4 is 4.90 Å². The van der Waals surface area contributed by atoms with Crippen molar-refractivity contribution in [3.8, 4) is 0 Å². The van der Waals surface area contributed by atoms with Gasteiger partial charge in [0.05, 0.1) is 0 Å². The monoisotopic (exact) mass is 315 g/mol. The summed E-state index contributed by atoms with van der Waals surface area (Å²) in [4.78, 5) is 26.5. The van der Waals surface area contributed by atoms with Crippen molar-refractivity contribution in [3.05, 3.63) is 34.7 Å². The fourth-order valence-electron chi connectivity index (χ4n) is 3.75. The van der Waals surface area contributed by atoms with Gasteiger partial charge in [-0.25, -0.2) is 0 Å². The molecular weight excluding hydrogens is 290 g/mol. The maximum atomic E-state index is 11.2. The molecule has 0 saturated carbocycles. The van der Waals surface area contributed by atoms with E-state index in [2.05, 4.69) is 15.0 Å². The van der Waals surface area contributed by atoms with Crippen LogP contribution in [0.4, 0.5) is 5.69 Å². The van der Waals surface area contributed by atoms with E-state index in [1.165, 1.54) is 51.7 Å². The van der Waals surface area contributed by atoms with Gasteiger partial charge in [-0.3, -0.25) is 4.79 Å². The minimum atomic E-state index is -0.697. The molecule has 5 heteroatoms. The summed E-state index contributed by atoms with van der Waals surface area (Å²) in [5.74, 6) is 0.112. The van der Waals surface area contributed by atoms with Crippen LogP contribution in [0.25, 0.3) is 0 Å². The molecule has 0 bridgehead atoms. The third kappa shape index (κ3) is 4.16. The zero-order valence-electron chi connectivity index (χ0n) is 13.6. The molecule has 2 fully saturated rings. The Morgan fingerprint density at radius 3 is 2.26 bits per heavy atom. The lowest BCUT2D eigenvalue weighted by atomic mass is 9.95. The van der Waals surface area contributed by atoms with Gasteiger partial charge in [0.15, 0.2) is 0 Å². The summed E-state index contributed by atoms with van der Waals surface area (Å²) < 4.78 is 0. The second-order valence-corrected chi connectivity index (χ2v) is 6.74. The molecule has 2 heterocycles. The molecule has 0 radical (unpaired) electrons. The van der Waals surface area contributed by atoms with E-state index in [0.29, 0.717) is 5.56 Å². The van der Waals surface area contributed by atoms with Gasteiger partial charge in [-0.15, -0.1) is 4.91 Å². The van der Waals surface area contributed by atoms with E-state index in [1.54, 1.807) is 12.1 Å². The Morgan fingerprint density at radius 1 is 1.00 bits per heavy atom. The lowest BCUT2D eigenvalue weighted by Gasteiger charge is -2.37. The van der Waals surface area contributed by atoms with Gasteiger partial charge in [0.2, 0.25) is 0 Å². The van der Waals surface area contributed by atoms with E-state index in [1.807, 2.05) is 12.1 Å². The number of hydrogen-bond donors (Lipinski definition) is 0. The smallest absolute Gasteiger partial charge is 0.316 e. The molecule has 0 unspecified atom stereocenters. The van der Waals surface area contributed by atoms with Crippen molar-refractivity contribution in [2.45, 2.75) is 32.1 Å². The highest BCUT2D eigenvalue weighted by Crippen LogP contribution is 2.25. The first-order valence-corrected chi connectivity index (χ1v) is 8.71. The maximum Gasteiger partial charge on any atom is 0.316 e. The highest BCUT2D eigenvalue weighted by atomic mass is 16.3. The number of carbonyl (C=O) groups is 1. The first-order valence-electron chi connectivity index (χ1n) is 8.71. The molecule has 0 aliphatic carbocycles. The summed E-state index contributed by atoms with van der Waals surface area (Å²) in [7, 11) is 0. The normalized spacial score (nSPS) is 20.4. The number of amides is 1. The molecule has 5 nitrogen and oxygen atoms in total. The molecule has 2 aliphatic heterocycles. The van der Waals surface area contributed by atoms with Crippen LogP contribution in [0.15, 0.2) is 29.4 Å². The van der Waals surface area contributed by atoms with Crippen LogP contribution >= 0.6 is 0 Å². The summed E-state index contributed by atoms with van der Waals surface area (Å²) >= 11 is 0.